The van der Waals surface area contributed by atoms with Gasteiger partial charge in [-0.1, -0.05) is 0 Å². The van der Waals surface area contributed by atoms with Gasteiger partial charge in [-0.05, 0) is 22.0 Å². The van der Waals surface area contributed by atoms with Crippen LogP contribution >= 0.6 is 15.9 Å². The summed E-state index contributed by atoms with van der Waals surface area (Å²) in [5, 5.41) is 9.49. The van der Waals surface area contributed by atoms with Crippen molar-refractivity contribution >= 4 is 28.5 Å². The van der Waals surface area contributed by atoms with Crippen molar-refractivity contribution in [3.8, 4) is 11.5 Å². The summed E-state index contributed by atoms with van der Waals surface area (Å²) in [4.78, 5) is 21.2. The number of hydrogen-bond donors (Lipinski definition) is 1. The van der Waals surface area contributed by atoms with E-state index in [1.807, 2.05) is 0 Å². The minimum atomic E-state index is -0.278. The average Bonchev–Trinajstić information content (AvgIpc) is 2.19. The Kier molecular flexibility index (Phi) is 3.24. The van der Waals surface area contributed by atoms with Gasteiger partial charge in [0.2, 0.25) is 0 Å². The molecule has 1 aromatic carbocycles. The maximum atomic E-state index is 10.6. The van der Waals surface area contributed by atoms with Crippen LogP contribution in [-0.2, 0) is 0 Å². The Hall–Kier alpha value is -1.36. The average molecular weight is 259 g/mol. The van der Waals surface area contributed by atoms with Crippen molar-refractivity contribution in [1.29, 1.82) is 0 Å². The molecule has 0 aromatic heterocycles. The lowest BCUT2D eigenvalue weighted by molar-refractivity contribution is 0.111. The molecule has 14 heavy (non-hydrogen) atoms. The van der Waals surface area contributed by atoms with Crippen molar-refractivity contribution in [1.82, 2.24) is 0 Å². The summed E-state index contributed by atoms with van der Waals surface area (Å²) in [6, 6.07) is 1.35. The van der Waals surface area contributed by atoms with E-state index in [1.165, 1.54) is 13.2 Å². The summed E-state index contributed by atoms with van der Waals surface area (Å²) < 4.78 is 5.06. The summed E-state index contributed by atoms with van der Waals surface area (Å²) in [6.07, 6.45) is 1.02. The standard InChI is InChI=1S/C9H7BrO4/c1-14-7-2-5(3-11)8(10)6(4-12)9(7)13/h2-4,13H,1H3. The number of phenols is 1. The molecule has 0 spiro atoms. The normalized spacial score (nSPS) is 9.57. The zero-order chi connectivity index (χ0) is 10.7. The van der Waals surface area contributed by atoms with Crippen LogP contribution in [0.1, 0.15) is 20.7 Å². The number of carbonyl (C=O) groups excluding carboxylic acids is 2. The van der Waals surface area contributed by atoms with E-state index in [2.05, 4.69) is 15.9 Å². The van der Waals surface area contributed by atoms with Gasteiger partial charge in [0.1, 0.15) is 0 Å². The molecule has 0 bridgehead atoms. The molecule has 0 radical (unpaired) electrons. The molecule has 0 heterocycles. The third kappa shape index (κ3) is 1.63. The Bertz CT molecular complexity index is 387. The third-order valence-corrected chi connectivity index (χ3v) is 2.61. The van der Waals surface area contributed by atoms with Crippen molar-refractivity contribution < 1.29 is 19.4 Å². The van der Waals surface area contributed by atoms with Crippen LogP contribution in [0.5, 0.6) is 11.5 Å². The summed E-state index contributed by atoms with van der Waals surface area (Å²) in [7, 11) is 1.34. The van der Waals surface area contributed by atoms with Crippen LogP contribution in [0.15, 0.2) is 10.5 Å². The molecule has 0 amide bonds. The van der Waals surface area contributed by atoms with Gasteiger partial charge >= 0.3 is 0 Å². The van der Waals surface area contributed by atoms with Crippen LogP contribution in [0.3, 0.4) is 0 Å². The first kappa shape index (κ1) is 10.7. The van der Waals surface area contributed by atoms with Crippen molar-refractivity contribution in [2.24, 2.45) is 0 Å². The minimum absolute atomic E-state index is 0.00597. The first-order valence-corrected chi connectivity index (χ1v) is 4.44. The summed E-state index contributed by atoms with van der Waals surface area (Å²) >= 11 is 3.04. The highest BCUT2D eigenvalue weighted by Crippen LogP contribution is 2.36. The quantitative estimate of drug-likeness (QED) is 0.840. The van der Waals surface area contributed by atoms with E-state index in [4.69, 9.17) is 4.74 Å². The summed E-state index contributed by atoms with van der Waals surface area (Å²) in [5.74, 6) is -0.183. The first-order valence-electron chi connectivity index (χ1n) is 3.65. The van der Waals surface area contributed by atoms with Gasteiger partial charge in [-0.3, -0.25) is 9.59 Å². The lowest BCUT2D eigenvalue weighted by Crippen LogP contribution is -1.94. The number of carbonyl (C=O) groups is 2. The number of phenolic OH excluding ortho intramolecular Hbond substituents is 1. The predicted octanol–water partition coefficient (Wildman–Crippen LogP) is 1.79. The van der Waals surface area contributed by atoms with Crippen molar-refractivity contribution in [3.63, 3.8) is 0 Å². The van der Waals surface area contributed by atoms with Gasteiger partial charge in [-0.15, -0.1) is 0 Å². The molecule has 0 aliphatic heterocycles. The molecule has 0 aliphatic rings. The van der Waals surface area contributed by atoms with Crippen molar-refractivity contribution in [3.05, 3.63) is 21.7 Å². The molecule has 0 saturated heterocycles. The maximum absolute atomic E-state index is 10.6. The van der Waals surface area contributed by atoms with E-state index in [1.54, 1.807) is 0 Å². The zero-order valence-corrected chi connectivity index (χ0v) is 8.87. The Morgan fingerprint density at radius 2 is 2.07 bits per heavy atom. The molecule has 0 saturated carbocycles. The van der Waals surface area contributed by atoms with Crippen LogP contribution < -0.4 is 4.74 Å². The van der Waals surface area contributed by atoms with Gasteiger partial charge in [-0.2, -0.15) is 0 Å². The molecule has 1 rings (SSSR count). The van der Waals surface area contributed by atoms with Crippen LogP contribution in [0.25, 0.3) is 0 Å². The number of aldehydes is 2. The highest BCUT2D eigenvalue weighted by Gasteiger charge is 2.15. The Balaban J connectivity index is 3.54. The smallest absolute Gasteiger partial charge is 0.169 e. The SMILES string of the molecule is COc1cc(C=O)c(Br)c(C=O)c1O. The van der Waals surface area contributed by atoms with E-state index >= 15 is 0 Å². The molecule has 0 unspecified atom stereocenters. The van der Waals surface area contributed by atoms with E-state index in [0.717, 1.165) is 0 Å². The topological polar surface area (TPSA) is 63.6 Å². The second-order valence-corrected chi connectivity index (χ2v) is 3.27. The largest absolute Gasteiger partial charge is 0.504 e. The molecular formula is C9H7BrO4. The highest BCUT2D eigenvalue weighted by molar-refractivity contribution is 9.10. The predicted molar refractivity (Wildman–Crippen MR) is 53.1 cm³/mol. The lowest BCUT2D eigenvalue weighted by atomic mass is 10.1. The number of methoxy groups -OCH3 is 1. The van der Waals surface area contributed by atoms with Gasteiger partial charge in [0.25, 0.3) is 0 Å². The molecule has 1 N–H and O–H groups in total. The van der Waals surface area contributed by atoms with Gasteiger partial charge in [0.15, 0.2) is 24.1 Å². The number of ether oxygens (including phenoxy) is 1. The molecule has 0 aliphatic carbocycles. The van der Waals surface area contributed by atoms with Gasteiger partial charge in [0.05, 0.1) is 12.7 Å². The van der Waals surface area contributed by atoms with Crippen LogP contribution in [-0.4, -0.2) is 24.8 Å². The van der Waals surface area contributed by atoms with E-state index in [0.29, 0.717) is 12.6 Å². The fraction of sp³-hybridized carbons (Fsp3) is 0.111. The molecular weight excluding hydrogens is 252 g/mol. The van der Waals surface area contributed by atoms with Crippen molar-refractivity contribution in [2.75, 3.05) is 7.11 Å². The first-order chi connectivity index (χ1) is 6.65. The fourth-order valence-corrected chi connectivity index (χ4v) is 1.50. The van der Waals surface area contributed by atoms with E-state index in [-0.39, 0.29) is 27.1 Å². The summed E-state index contributed by atoms with van der Waals surface area (Å²) in [5.41, 5.74) is 0.258. The molecule has 0 fully saturated rings. The van der Waals surface area contributed by atoms with Crippen LogP contribution in [0.2, 0.25) is 0 Å². The molecule has 5 heteroatoms. The zero-order valence-electron chi connectivity index (χ0n) is 7.28. The third-order valence-electron chi connectivity index (χ3n) is 1.73. The van der Waals surface area contributed by atoms with Gasteiger partial charge < -0.3 is 9.84 Å². The van der Waals surface area contributed by atoms with E-state index < -0.39 is 0 Å². The van der Waals surface area contributed by atoms with Crippen LogP contribution in [0, 0.1) is 0 Å². The number of rotatable bonds is 3. The molecule has 1 aromatic rings. The van der Waals surface area contributed by atoms with Crippen molar-refractivity contribution in [2.45, 2.75) is 0 Å². The Morgan fingerprint density at radius 3 is 2.50 bits per heavy atom. The second-order valence-electron chi connectivity index (χ2n) is 2.48. The number of aromatic hydroxyl groups is 1. The molecule has 4 nitrogen and oxygen atoms in total. The Morgan fingerprint density at radius 1 is 1.43 bits per heavy atom. The minimum Gasteiger partial charge on any atom is -0.504 e. The second kappa shape index (κ2) is 4.23. The van der Waals surface area contributed by atoms with E-state index in [9.17, 15) is 14.7 Å². The maximum Gasteiger partial charge on any atom is 0.169 e. The summed E-state index contributed by atoms with van der Waals surface area (Å²) in [6.45, 7) is 0. The lowest BCUT2D eigenvalue weighted by Gasteiger charge is -2.08. The number of hydrogen-bond acceptors (Lipinski definition) is 4. The number of halogens is 1. The fourth-order valence-electron chi connectivity index (χ4n) is 1.01. The number of benzene rings is 1. The highest BCUT2D eigenvalue weighted by atomic mass is 79.9. The van der Waals surface area contributed by atoms with Gasteiger partial charge in [-0.25, -0.2) is 0 Å². The van der Waals surface area contributed by atoms with Crippen LogP contribution in [0.4, 0.5) is 0 Å². The molecule has 0 atom stereocenters. The van der Waals surface area contributed by atoms with Gasteiger partial charge in [0, 0.05) is 10.0 Å². The monoisotopic (exact) mass is 258 g/mol. The Labute approximate surface area is 88.6 Å². The molecule has 74 valence electrons.